The largest absolute Gasteiger partial charge is 0.330 e. The molecule has 0 radical (unpaired) electrons. The van der Waals surface area contributed by atoms with E-state index in [-0.39, 0.29) is 21.9 Å². The van der Waals surface area contributed by atoms with Crippen molar-refractivity contribution < 1.29 is 12.8 Å². The van der Waals surface area contributed by atoms with Gasteiger partial charge in [0, 0.05) is 6.04 Å². The van der Waals surface area contributed by atoms with Crippen LogP contribution in [0.1, 0.15) is 19.3 Å². The van der Waals surface area contributed by atoms with Crippen molar-refractivity contribution in [3.63, 3.8) is 0 Å². The molecule has 3 N–H and O–H groups in total. The predicted molar refractivity (Wildman–Crippen MR) is 71.9 cm³/mol. The zero-order valence-electron chi connectivity index (χ0n) is 10.3. The Kier molecular flexibility index (Phi) is 4.45. The Morgan fingerprint density at radius 3 is 2.84 bits per heavy atom. The van der Waals surface area contributed by atoms with Gasteiger partial charge in [0.15, 0.2) is 0 Å². The van der Waals surface area contributed by atoms with Crippen molar-refractivity contribution in [2.45, 2.75) is 30.2 Å². The summed E-state index contributed by atoms with van der Waals surface area (Å²) in [4.78, 5) is -0.225. The normalized spacial score (nSPS) is 23.7. The molecule has 7 heteroatoms. The van der Waals surface area contributed by atoms with E-state index in [0.717, 1.165) is 31.4 Å². The predicted octanol–water partition coefficient (Wildman–Crippen LogP) is 1.88. The Morgan fingerprint density at radius 2 is 2.16 bits per heavy atom. The molecule has 106 valence electrons. The number of halogens is 2. The summed E-state index contributed by atoms with van der Waals surface area (Å²) >= 11 is 5.83. The molecule has 2 atom stereocenters. The minimum absolute atomic E-state index is 0.0104. The van der Waals surface area contributed by atoms with Crippen molar-refractivity contribution in [3.05, 3.63) is 29.0 Å². The highest BCUT2D eigenvalue weighted by Gasteiger charge is 2.31. The fraction of sp³-hybridized carbons (Fsp3) is 0.500. The molecule has 1 aromatic carbocycles. The third-order valence-corrected chi connectivity index (χ3v) is 5.42. The molecule has 1 aliphatic carbocycles. The minimum atomic E-state index is -3.82. The zero-order valence-corrected chi connectivity index (χ0v) is 11.8. The van der Waals surface area contributed by atoms with E-state index in [1.54, 1.807) is 0 Å². The molecule has 19 heavy (non-hydrogen) atoms. The first-order valence-corrected chi connectivity index (χ1v) is 7.97. The van der Waals surface area contributed by atoms with Gasteiger partial charge in [-0.15, -0.1) is 0 Å². The minimum Gasteiger partial charge on any atom is -0.330 e. The zero-order chi connectivity index (χ0) is 14.0. The van der Waals surface area contributed by atoms with Gasteiger partial charge in [-0.3, -0.25) is 0 Å². The number of benzene rings is 1. The molecule has 0 aromatic heterocycles. The van der Waals surface area contributed by atoms with Crippen LogP contribution in [0.3, 0.4) is 0 Å². The maximum absolute atomic E-state index is 13.2. The number of hydrogen-bond acceptors (Lipinski definition) is 3. The lowest BCUT2D eigenvalue weighted by atomic mass is 10.1. The molecular formula is C12H16ClFN2O2S. The van der Waals surface area contributed by atoms with E-state index in [0.29, 0.717) is 6.54 Å². The summed E-state index contributed by atoms with van der Waals surface area (Å²) in [5.41, 5.74) is 5.61. The van der Waals surface area contributed by atoms with Gasteiger partial charge in [0.2, 0.25) is 10.0 Å². The number of nitrogens with two attached hydrogens (primary N) is 1. The molecule has 1 fully saturated rings. The topological polar surface area (TPSA) is 72.2 Å². The highest BCUT2D eigenvalue weighted by Crippen LogP contribution is 2.28. The summed E-state index contributed by atoms with van der Waals surface area (Å²) in [6.45, 7) is 0.435. The first-order chi connectivity index (χ1) is 8.94. The van der Waals surface area contributed by atoms with Crippen molar-refractivity contribution >= 4 is 21.6 Å². The fourth-order valence-electron chi connectivity index (χ4n) is 2.42. The molecule has 1 aromatic rings. The van der Waals surface area contributed by atoms with Gasteiger partial charge in [0.25, 0.3) is 0 Å². The van der Waals surface area contributed by atoms with Gasteiger partial charge in [-0.25, -0.2) is 17.5 Å². The molecule has 0 bridgehead atoms. The first-order valence-electron chi connectivity index (χ1n) is 6.11. The van der Waals surface area contributed by atoms with Gasteiger partial charge in [-0.1, -0.05) is 18.0 Å². The van der Waals surface area contributed by atoms with Gasteiger partial charge in [-0.2, -0.15) is 0 Å². The maximum Gasteiger partial charge on any atom is 0.242 e. The van der Waals surface area contributed by atoms with E-state index in [2.05, 4.69) is 4.72 Å². The van der Waals surface area contributed by atoms with Crippen LogP contribution in [0, 0.1) is 11.7 Å². The number of rotatable bonds is 4. The summed E-state index contributed by atoms with van der Waals surface area (Å²) in [5, 5.41) is 0.0104. The lowest BCUT2D eigenvalue weighted by molar-refractivity contribution is 0.452. The van der Waals surface area contributed by atoms with Crippen LogP contribution in [-0.4, -0.2) is 21.0 Å². The van der Waals surface area contributed by atoms with Crippen LogP contribution in [0.15, 0.2) is 23.1 Å². The number of hydrogen-bond donors (Lipinski definition) is 2. The monoisotopic (exact) mass is 306 g/mol. The van der Waals surface area contributed by atoms with Crippen LogP contribution in [0.5, 0.6) is 0 Å². The molecule has 2 rings (SSSR count). The Hall–Kier alpha value is -0.690. The molecule has 4 nitrogen and oxygen atoms in total. The fourth-order valence-corrected chi connectivity index (χ4v) is 4.27. The average Bonchev–Trinajstić information content (AvgIpc) is 2.78. The number of nitrogens with one attached hydrogen (secondary N) is 1. The van der Waals surface area contributed by atoms with E-state index < -0.39 is 15.8 Å². The van der Waals surface area contributed by atoms with Crippen molar-refractivity contribution in [3.8, 4) is 0 Å². The second-order valence-corrected chi connectivity index (χ2v) is 6.82. The quantitative estimate of drug-likeness (QED) is 0.892. The van der Waals surface area contributed by atoms with Crippen LogP contribution >= 0.6 is 11.6 Å². The standard InChI is InChI=1S/C12H16ClFN2O2S/c13-10-5-4-9(14)6-12(10)19(17,18)16-11-3-1-2-8(11)7-15/h4-6,8,11,16H,1-3,7,15H2. The molecule has 1 saturated carbocycles. The molecule has 2 unspecified atom stereocenters. The number of sulfonamides is 1. The van der Waals surface area contributed by atoms with Gasteiger partial charge in [-0.05, 0) is 43.5 Å². The van der Waals surface area contributed by atoms with E-state index in [9.17, 15) is 12.8 Å². The average molecular weight is 307 g/mol. The van der Waals surface area contributed by atoms with E-state index in [4.69, 9.17) is 17.3 Å². The molecule has 1 aliphatic rings. The van der Waals surface area contributed by atoms with Crippen molar-refractivity contribution in [1.82, 2.24) is 4.72 Å². The Labute approximate surface area is 117 Å². The SMILES string of the molecule is NCC1CCCC1NS(=O)(=O)c1cc(F)ccc1Cl. The van der Waals surface area contributed by atoms with Gasteiger partial charge in [0.1, 0.15) is 10.7 Å². The van der Waals surface area contributed by atoms with Crippen LogP contribution in [0.2, 0.25) is 5.02 Å². The summed E-state index contributed by atoms with van der Waals surface area (Å²) in [6, 6.07) is 3.09. The van der Waals surface area contributed by atoms with E-state index in [1.165, 1.54) is 6.07 Å². The smallest absolute Gasteiger partial charge is 0.242 e. The summed E-state index contributed by atoms with van der Waals surface area (Å²) < 4.78 is 40.2. The van der Waals surface area contributed by atoms with Gasteiger partial charge >= 0.3 is 0 Å². The van der Waals surface area contributed by atoms with Crippen LogP contribution < -0.4 is 10.5 Å². The molecule has 0 spiro atoms. The van der Waals surface area contributed by atoms with E-state index >= 15 is 0 Å². The van der Waals surface area contributed by atoms with Gasteiger partial charge < -0.3 is 5.73 Å². The third-order valence-electron chi connectivity index (χ3n) is 3.45. The second kappa shape index (κ2) is 5.75. The highest BCUT2D eigenvalue weighted by molar-refractivity contribution is 7.89. The molecule has 0 amide bonds. The highest BCUT2D eigenvalue weighted by atomic mass is 35.5. The third kappa shape index (κ3) is 3.25. The lowest BCUT2D eigenvalue weighted by Gasteiger charge is -2.19. The van der Waals surface area contributed by atoms with Crippen LogP contribution in [-0.2, 0) is 10.0 Å². The molecule has 0 heterocycles. The van der Waals surface area contributed by atoms with Crippen molar-refractivity contribution in [1.29, 1.82) is 0 Å². The molecule has 0 saturated heterocycles. The lowest BCUT2D eigenvalue weighted by Crippen LogP contribution is -2.39. The van der Waals surface area contributed by atoms with Crippen molar-refractivity contribution in [2.24, 2.45) is 11.7 Å². The first kappa shape index (κ1) is 14.7. The summed E-state index contributed by atoms with van der Waals surface area (Å²) in [5.74, 6) is -0.506. The summed E-state index contributed by atoms with van der Waals surface area (Å²) in [7, 11) is -3.82. The van der Waals surface area contributed by atoms with E-state index in [1.807, 2.05) is 0 Å². The van der Waals surface area contributed by atoms with Crippen LogP contribution in [0.25, 0.3) is 0 Å². The second-order valence-electron chi connectivity index (χ2n) is 4.73. The molecular weight excluding hydrogens is 291 g/mol. The van der Waals surface area contributed by atoms with Crippen molar-refractivity contribution in [2.75, 3.05) is 6.54 Å². The Balaban J connectivity index is 2.25. The Morgan fingerprint density at radius 1 is 1.42 bits per heavy atom. The van der Waals surface area contributed by atoms with Gasteiger partial charge in [0.05, 0.1) is 5.02 Å². The maximum atomic E-state index is 13.2. The molecule has 0 aliphatic heterocycles. The summed E-state index contributed by atoms with van der Waals surface area (Å²) in [6.07, 6.45) is 2.58. The van der Waals surface area contributed by atoms with Crippen LogP contribution in [0.4, 0.5) is 4.39 Å². The Bertz CT molecular complexity index is 565.